The van der Waals surface area contributed by atoms with Crippen LogP contribution >= 0.6 is 11.6 Å². The lowest BCUT2D eigenvalue weighted by molar-refractivity contribution is -0.128. The SMILES string of the molecule is Cc1ccc(S(=O)(=O)N2C(=O)CC[C@H]2C(=O)Nc2ccc(C)c(Cl)c2)cc1C. The number of rotatable bonds is 4. The molecule has 1 fully saturated rings. The molecule has 1 aliphatic heterocycles. The highest BCUT2D eigenvalue weighted by atomic mass is 35.5. The Labute approximate surface area is 169 Å². The Kier molecular flexibility index (Phi) is 5.50. The number of hydrogen-bond acceptors (Lipinski definition) is 4. The van der Waals surface area contributed by atoms with Crippen LogP contribution in [0.1, 0.15) is 29.5 Å². The van der Waals surface area contributed by atoms with Crippen LogP contribution in [0.25, 0.3) is 0 Å². The Morgan fingerprint density at radius 2 is 1.75 bits per heavy atom. The van der Waals surface area contributed by atoms with Gasteiger partial charge in [-0.05, 0) is 68.1 Å². The molecule has 0 bridgehead atoms. The molecule has 0 unspecified atom stereocenters. The van der Waals surface area contributed by atoms with Crippen LogP contribution in [0.15, 0.2) is 41.3 Å². The van der Waals surface area contributed by atoms with E-state index < -0.39 is 27.9 Å². The standard InChI is InChI=1S/C20H21ClN2O4S/c1-12-5-7-16(10-14(12)3)28(26,27)23-18(8-9-19(23)24)20(25)22-15-6-4-13(2)17(21)11-15/h4-7,10-11,18H,8-9H2,1-3H3,(H,22,25)/t18-/m0/s1. The molecule has 1 atom stereocenters. The van der Waals surface area contributed by atoms with E-state index in [9.17, 15) is 18.0 Å². The summed E-state index contributed by atoms with van der Waals surface area (Å²) in [6.45, 7) is 5.50. The number of aryl methyl sites for hydroxylation is 3. The van der Waals surface area contributed by atoms with Gasteiger partial charge in [0.05, 0.1) is 4.90 Å². The molecule has 6 nitrogen and oxygen atoms in total. The summed E-state index contributed by atoms with van der Waals surface area (Å²) in [5.74, 6) is -1.14. The Hall–Kier alpha value is -2.38. The van der Waals surface area contributed by atoms with Gasteiger partial charge in [-0.2, -0.15) is 0 Å². The first-order valence-electron chi connectivity index (χ1n) is 8.83. The maximum atomic E-state index is 13.1. The van der Waals surface area contributed by atoms with Gasteiger partial charge in [-0.15, -0.1) is 0 Å². The average molecular weight is 421 g/mol. The van der Waals surface area contributed by atoms with Crippen molar-refractivity contribution in [2.75, 3.05) is 5.32 Å². The van der Waals surface area contributed by atoms with Crippen LogP contribution < -0.4 is 5.32 Å². The molecule has 2 amide bonds. The lowest BCUT2D eigenvalue weighted by Gasteiger charge is -2.24. The van der Waals surface area contributed by atoms with Crippen LogP contribution in [0, 0.1) is 20.8 Å². The van der Waals surface area contributed by atoms with Crippen molar-refractivity contribution in [2.24, 2.45) is 0 Å². The number of carbonyl (C=O) groups excluding carboxylic acids is 2. The third kappa shape index (κ3) is 3.77. The molecule has 3 rings (SSSR count). The minimum atomic E-state index is -4.13. The molecular formula is C20H21ClN2O4S. The van der Waals surface area contributed by atoms with E-state index in [2.05, 4.69) is 5.32 Å². The van der Waals surface area contributed by atoms with Crippen molar-refractivity contribution in [1.82, 2.24) is 4.31 Å². The van der Waals surface area contributed by atoms with Crippen LogP contribution in [0.4, 0.5) is 5.69 Å². The Balaban J connectivity index is 1.90. The van der Waals surface area contributed by atoms with Gasteiger partial charge in [0.1, 0.15) is 6.04 Å². The molecule has 1 saturated heterocycles. The number of benzene rings is 2. The van der Waals surface area contributed by atoms with E-state index in [4.69, 9.17) is 11.6 Å². The zero-order valence-corrected chi connectivity index (χ0v) is 17.4. The van der Waals surface area contributed by atoms with Gasteiger partial charge in [-0.3, -0.25) is 9.59 Å². The van der Waals surface area contributed by atoms with E-state index in [-0.39, 0.29) is 17.7 Å². The molecule has 0 saturated carbocycles. The van der Waals surface area contributed by atoms with Gasteiger partial charge in [0, 0.05) is 17.1 Å². The largest absolute Gasteiger partial charge is 0.324 e. The van der Waals surface area contributed by atoms with Crippen molar-refractivity contribution in [1.29, 1.82) is 0 Å². The maximum absolute atomic E-state index is 13.1. The zero-order valence-electron chi connectivity index (χ0n) is 15.8. The second-order valence-corrected chi connectivity index (χ2v) is 9.17. The molecule has 0 aliphatic carbocycles. The topological polar surface area (TPSA) is 83.6 Å². The molecule has 1 N–H and O–H groups in total. The molecule has 0 aromatic heterocycles. The Morgan fingerprint density at radius 1 is 1.07 bits per heavy atom. The van der Waals surface area contributed by atoms with Crippen molar-refractivity contribution in [2.45, 2.75) is 44.6 Å². The molecular weight excluding hydrogens is 400 g/mol. The third-order valence-electron chi connectivity index (χ3n) is 4.94. The van der Waals surface area contributed by atoms with Gasteiger partial charge < -0.3 is 5.32 Å². The van der Waals surface area contributed by atoms with E-state index in [1.165, 1.54) is 12.1 Å². The molecule has 1 heterocycles. The van der Waals surface area contributed by atoms with Gasteiger partial charge in [0.15, 0.2) is 0 Å². The van der Waals surface area contributed by atoms with E-state index in [1.807, 2.05) is 13.8 Å². The summed E-state index contributed by atoms with van der Waals surface area (Å²) >= 11 is 6.08. The lowest BCUT2D eigenvalue weighted by Crippen LogP contribution is -2.45. The number of halogens is 1. The van der Waals surface area contributed by atoms with E-state index >= 15 is 0 Å². The highest BCUT2D eigenvalue weighted by Gasteiger charge is 2.44. The van der Waals surface area contributed by atoms with Crippen molar-refractivity contribution in [3.8, 4) is 0 Å². The fourth-order valence-electron chi connectivity index (χ4n) is 3.08. The smallest absolute Gasteiger partial charge is 0.267 e. The van der Waals surface area contributed by atoms with Gasteiger partial charge in [0.2, 0.25) is 11.8 Å². The summed E-state index contributed by atoms with van der Waals surface area (Å²) in [7, 11) is -4.13. The average Bonchev–Trinajstić information content (AvgIpc) is 3.03. The van der Waals surface area contributed by atoms with Gasteiger partial charge >= 0.3 is 0 Å². The van der Waals surface area contributed by atoms with Gasteiger partial charge in [-0.1, -0.05) is 23.7 Å². The number of sulfonamides is 1. The van der Waals surface area contributed by atoms with Gasteiger partial charge in [0.25, 0.3) is 10.0 Å². The van der Waals surface area contributed by atoms with Crippen LogP contribution in [0.3, 0.4) is 0 Å². The minimum absolute atomic E-state index is 0.00188. The number of amides is 2. The summed E-state index contributed by atoms with van der Waals surface area (Å²) in [6.07, 6.45) is 0.130. The second kappa shape index (κ2) is 7.56. The molecule has 0 spiro atoms. The van der Waals surface area contributed by atoms with Crippen molar-refractivity contribution in [3.05, 3.63) is 58.1 Å². The molecule has 28 heavy (non-hydrogen) atoms. The fraction of sp³-hybridized carbons (Fsp3) is 0.300. The first kappa shape index (κ1) is 20.4. The lowest BCUT2D eigenvalue weighted by atomic mass is 10.1. The molecule has 1 aliphatic rings. The third-order valence-corrected chi connectivity index (χ3v) is 7.17. The summed E-state index contributed by atoms with van der Waals surface area (Å²) in [5.41, 5.74) is 3.04. The predicted octanol–water partition coefficient (Wildman–Crippen LogP) is 3.58. The van der Waals surface area contributed by atoms with Crippen LogP contribution in [0.5, 0.6) is 0 Å². The number of anilines is 1. The van der Waals surface area contributed by atoms with E-state index in [0.29, 0.717) is 15.0 Å². The van der Waals surface area contributed by atoms with Crippen molar-refractivity contribution < 1.29 is 18.0 Å². The van der Waals surface area contributed by atoms with Crippen molar-refractivity contribution >= 4 is 39.1 Å². The molecule has 2 aromatic rings. The normalized spacial score (nSPS) is 17.1. The Bertz CT molecular complexity index is 1070. The number of nitrogens with one attached hydrogen (secondary N) is 1. The number of carbonyl (C=O) groups is 2. The quantitative estimate of drug-likeness (QED) is 0.819. The van der Waals surface area contributed by atoms with Gasteiger partial charge in [-0.25, -0.2) is 12.7 Å². The summed E-state index contributed by atoms with van der Waals surface area (Å²) in [6, 6.07) is 8.58. The molecule has 148 valence electrons. The predicted molar refractivity (Wildman–Crippen MR) is 108 cm³/mol. The summed E-state index contributed by atoms with van der Waals surface area (Å²) < 4.78 is 26.9. The highest BCUT2D eigenvalue weighted by Crippen LogP contribution is 2.29. The minimum Gasteiger partial charge on any atom is -0.324 e. The monoisotopic (exact) mass is 420 g/mol. The van der Waals surface area contributed by atoms with Crippen molar-refractivity contribution in [3.63, 3.8) is 0 Å². The van der Waals surface area contributed by atoms with E-state index in [0.717, 1.165) is 16.7 Å². The molecule has 2 aromatic carbocycles. The number of hydrogen-bond donors (Lipinski definition) is 1. The summed E-state index contributed by atoms with van der Waals surface area (Å²) in [4.78, 5) is 25.1. The second-order valence-electron chi connectivity index (χ2n) is 6.95. The number of nitrogens with zero attached hydrogens (tertiary/aromatic N) is 1. The van der Waals surface area contributed by atoms with Crippen LogP contribution in [-0.4, -0.2) is 30.6 Å². The van der Waals surface area contributed by atoms with Crippen LogP contribution in [-0.2, 0) is 19.6 Å². The fourth-order valence-corrected chi connectivity index (χ4v) is 4.95. The summed E-state index contributed by atoms with van der Waals surface area (Å²) in [5, 5.41) is 3.15. The first-order valence-corrected chi connectivity index (χ1v) is 10.6. The van der Waals surface area contributed by atoms with E-state index in [1.54, 1.807) is 31.2 Å². The Morgan fingerprint density at radius 3 is 2.39 bits per heavy atom. The maximum Gasteiger partial charge on any atom is 0.267 e. The van der Waals surface area contributed by atoms with Crippen LogP contribution in [0.2, 0.25) is 5.02 Å². The molecule has 0 radical (unpaired) electrons. The zero-order chi connectivity index (χ0) is 20.6. The first-order chi connectivity index (χ1) is 13.1. The highest BCUT2D eigenvalue weighted by molar-refractivity contribution is 7.89. The molecule has 8 heteroatoms.